The lowest BCUT2D eigenvalue weighted by atomic mass is 10.1. The van der Waals surface area contributed by atoms with Crippen LogP contribution in [0.3, 0.4) is 0 Å². The van der Waals surface area contributed by atoms with Gasteiger partial charge >= 0.3 is 0 Å². The highest BCUT2D eigenvalue weighted by Gasteiger charge is 2.23. The highest BCUT2D eigenvalue weighted by atomic mass is 16.2. The van der Waals surface area contributed by atoms with E-state index in [4.69, 9.17) is 11.0 Å². The van der Waals surface area contributed by atoms with Crippen LogP contribution in [-0.2, 0) is 4.79 Å². The minimum atomic E-state index is -0.0842. The number of rotatable bonds is 1. The van der Waals surface area contributed by atoms with E-state index in [9.17, 15) is 4.79 Å². The van der Waals surface area contributed by atoms with Gasteiger partial charge in [0.2, 0.25) is 5.91 Å². The summed E-state index contributed by atoms with van der Waals surface area (Å²) in [6.45, 7) is 0.214. The zero-order valence-electron chi connectivity index (χ0n) is 10.6. The minimum Gasteiger partial charge on any atom is -0.399 e. The molecule has 1 amide bonds. The van der Waals surface area contributed by atoms with Crippen molar-refractivity contribution in [3.8, 4) is 6.07 Å². The number of fused-ring (bicyclic) bond motifs is 1. The number of hydrogen-bond acceptors (Lipinski definition) is 4. The van der Waals surface area contributed by atoms with Crippen molar-refractivity contribution in [3.63, 3.8) is 0 Å². The van der Waals surface area contributed by atoms with Crippen LogP contribution in [0.15, 0.2) is 42.5 Å². The molecule has 0 bridgehead atoms. The molecule has 98 valence electrons. The van der Waals surface area contributed by atoms with Gasteiger partial charge in [-0.05, 0) is 42.5 Å². The maximum Gasteiger partial charge on any atom is 0.244 e. The molecule has 2 aromatic carbocycles. The molecule has 0 aromatic heterocycles. The van der Waals surface area contributed by atoms with Gasteiger partial charge in [-0.2, -0.15) is 5.26 Å². The quantitative estimate of drug-likeness (QED) is 0.774. The van der Waals surface area contributed by atoms with Crippen molar-refractivity contribution in [2.45, 2.75) is 0 Å². The largest absolute Gasteiger partial charge is 0.399 e. The molecule has 1 heterocycles. The lowest BCUT2D eigenvalue weighted by Crippen LogP contribution is -2.35. The van der Waals surface area contributed by atoms with Crippen LogP contribution in [0.5, 0.6) is 0 Å². The molecule has 3 N–H and O–H groups in total. The molecular weight excluding hydrogens is 252 g/mol. The average Bonchev–Trinajstić information content (AvgIpc) is 2.47. The predicted octanol–water partition coefficient (Wildman–Crippen LogP) is 2.23. The normalized spacial score (nSPS) is 13.3. The number of carbonyl (C=O) groups is 1. The van der Waals surface area contributed by atoms with Gasteiger partial charge in [-0.1, -0.05) is 0 Å². The van der Waals surface area contributed by atoms with Gasteiger partial charge in [0.1, 0.15) is 6.54 Å². The molecule has 5 nitrogen and oxygen atoms in total. The first-order chi connectivity index (χ1) is 9.67. The molecule has 1 aliphatic rings. The van der Waals surface area contributed by atoms with E-state index in [1.807, 2.05) is 17.0 Å². The fraction of sp³-hybridized carbons (Fsp3) is 0.0667. The van der Waals surface area contributed by atoms with E-state index < -0.39 is 0 Å². The second kappa shape index (κ2) is 4.59. The number of anilines is 4. The van der Waals surface area contributed by atoms with Crippen molar-refractivity contribution in [3.05, 3.63) is 48.0 Å². The Morgan fingerprint density at radius 1 is 1.20 bits per heavy atom. The summed E-state index contributed by atoms with van der Waals surface area (Å²) in [5, 5.41) is 11.8. The smallest absolute Gasteiger partial charge is 0.244 e. The Morgan fingerprint density at radius 3 is 2.65 bits per heavy atom. The zero-order chi connectivity index (χ0) is 14.1. The molecule has 0 fully saturated rings. The number of nitrogens with two attached hydrogens (primary N) is 1. The van der Waals surface area contributed by atoms with Crippen LogP contribution in [0.25, 0.3) is 0 Å². The van der Waals surface area contributed by atoms with Crippen molar-refractivity contribution < 1.29 is 4.79 Å². The summed E-state index contributed by atoms with van der Waals surface area (Å²) in [5.41, 5.74) is 9.29. The Morgan fingerprint density at radius 2 is 1.95 bits per heavy atom. The monoisotopic (exact) mass is 264 g/mol. The summed E-state index contributed by atoms with van der Waals surface area (Å²) in [5.74, 6) is -0.0842. The Kier molecular flexibility index (Phi) is 2.77. The van der Waals surface area contributed by atoms with Crippen molar-refractivity contribution in [1.29, 1.82) is 5.26 Å². The topological polar surface area (TPSA) is 82.2 Å². The fourth-order valence-electron chi connectivity index (χ4n) is 2.23. The van der Waals surface area contributed by atoms with Crippen LogP contribution in [0, 0.1) is 11.3 Å². The second-order valence-electron chi connectivity index (χ2n) is 4.57. The number of hydrogen-bond donors (Lipinski definition) is 2. The summed E-state index contributed by atoms with van der Waals surface area (Å²) >= 11 is 0. The SMILES string of the molecule is N#Cc1ccc2c(c1)N(c1ccc(N)cc1)CC(=O)N2. The van der Waals surface area contributed by atoms with E-state index in [1.54, 1.807) is 30.3 Å². The molecule has 0 aliphatic carbocycles. The molecule has 2 aromatic rings. The van der Waals surface area contributed by atoms with E-state index in [0.717, 1.165) is 11.4 Å². The lowest BCUT2D eigenvalue weighted by molar-refractivity contribution is -0.115. The third-order valence-electron chi connectivity index (χ3n) is 3.20. The van der Waals surface area contributed by atoms with Crippen molar-refractivity contribution >= 4 is 28.7 Å². The fourth-order valence-corrected chi connectivity index (χ4v) is 2.23. The van der Waals surface area contributed by atoms with E-state index in [-0.39, 0.29) is 12.5 Å². The molecule has 1 aliphatic heterocycles. The lowest BCUT2D eigenvalue weighted by Gasteiger charge is -2.31. The molecule has 5 heteroatoms. The van der Waals surface area contributed by atoms with Gasteiger partial charge in [-0.3, -0.25) is 4.79 Å². The average molecular weight is 264 g/mol. The van der Waals surface area contributed by atoms with Gasteiger partial charge in [-0.15, -0.1) is 0 Å². The second-order valence-corrected chi connectivity index (χ2v) is 4.57. The Labute approximate surface area is 116 Å². The Hall–Kier alpha value is -3.00. The molecule has 0 atom stereocenters. The van der Waals surface area contributed by atoms with Crippen molar-refractivity contribution in [2.24, 2.45) is 0 Å². The maximum absolute atomic E-state index is 11.8. The van der Waals surface area contributed by atoms with E-state index in [0.29, 0.717) is 16.9 Å². The van der Waals surface area contributed by atoms with Crippen molar-refractivity contribution in [2.75, 3.05) is 22.5 Å². The van der Waals surface area contributed by atoms with Crippen LogP contribution in [0.4, 0.5) is 22.7 Å². The maximum atomic E-state index is 11.8. The van der Waals surface area contributed by atoms with Crippen LogP contribution >= 0.6 is 0 Å². The number of nitrogen functional groups attached to an aromatic ring is 1. The molecule has 0 saturated carbocycles. The minimum absolute atomic E-state index is 0.0842. The molecule has 0 saturated heterocycles. The summed E-state index contributed by atoms with van der Waals surface area (Å²) in [4.78, 5) is 13.7. The summed E-state index contributed by atoms with van der Waals surface area (Å²) in [7, 11) is 0. The predicted molar refractivity (Wildman–Crippen MR) is 77.6 cm³/mol. The summed E-state index contributed by atoms with van der Waals surface area (Å²) < 4.78 is 0. The van der Waals surface area contributed by atoms with Gasteiger partial charge in [-0.25, -0.2) is 0 Å². The Balaban J connectivity index is 2.11. The van der Waals surface area contributed by atoms with Crippen LogP contribution in [0.1, 0.15) is 5.56 Å². The van der Waals surface area contributed by atoms with Gasteiger partial charge in [0.15, 0.2) is 0 Å². The first-order valence-corrected chi connectivity index (χ1v) is 6.14. The van der Waals surface area contributed by atoms with Gasteiger partial charge in [0, 0.05) is 11.4 Å². The number of amides is 1. The summed E-state index contributed by atoms with van der Waals surface area (Å²) in [6.07, 6.45) is 0. The third-order valence-corrected chi connectivity index (χ3v) is 3.20. The standard InChI is InChI=1S/C15H12N4O/c16-8-10-1-6-13-14(7-10)19(9-15(20)18-13)12-4-2-11(17)3-5-12/h1-7H,9,17H2,(H,18,20). The van der Waals surface area contributed by atoms with Gasteiger partial charge < -0.3 is 16.0 Å². The number of benzene rings is 2. The highest BCUT2D eigenvalue weighted by Crippen LogP contribution is 2.35. The van der Waals surface area contributed by atoms with E-state index in [2.05, 4.69) is 11.4 Å². The van der Waals surface area contributed by atoms with Crippen LogP contribution < -0.4 is 16.0 Å². The first-order valence-electron chi connectivity index (χ1n) is 6.14. The molecule has 0 spiro atoms. The van der Waals surface area contributed by atoms with Gasteiger partial charge in [0.05, 0.1) is 23.0 Å². The van der Waals surface area contributed by atoms with E-state index >= 15 is 0 Å². The number of carbonyl (C=O) groups excluding carboxylic acids is 1. The number of nitrogens with zero attached hydrogens (tertiary/aromatic N) is 2. The van der Waals surface area contributed by atoms with Crippen LogP contribution in [-0.4, -0.2) is 12.5 Å². The van der Waals surface area contributed by atoms with Crippen molar-refractivity contribution in [1.82, 2.24) is 0 Å². The molecule has 20 heavy (non-hydrogen) atoms. The summed E-state index contributed by atoms with van der Waals surface area (Å²) in [6, 6.07) is 14.6. The molecule has 0 unspecified atom stereocenters. The van der Waals surface area contributed by atoms with Crippen LogP contribution in [0.2, 0.25) is 0 Å². The number of nitriles is 1. The molecule has 3 rings (SSSR count). The number of nitrogens with one attached hydrogen (secondary N) is 1. The Bertz CT molecular complexity index is 716. The molecule has 0 radical (unpaired) electrons. The zero-order valence-corrected chi connectivity index (χ0v) is 10.6. The van der Waals surface area contributed by atoms with E-state index in [1.165, 1.54) is 0 Å². The molecular formula is C15H12N4O. The third kappa shape index (κ3) is 2.04. The van der Waals surface area contributed by atoms with Gasteiger partial charge in [0.25, 0.3) is 0 Å². The first kappa shape index (κ1) is 12.1. The highest BCUT2D eigenvalue weighted by molar-refractivity contribution is 6.03.